The van der Waals surface area contributed by atoms with Crippen LogP contribution in [0, 0.1) is 0 Å². The van der Waals surface area contributed by atoms with E-state index in [-0.39, 0.29) is 11.5 Å². The van der Waals surface area contributed by atoms with Crippen LogP contribution in [0.3, 0.4) is 0 Å². The Kier molecular flexibility index (Phi) is 7.12. The fourth-order valence-corrected chi connectivity index (χ4v) is 2.81. The van der Waals surface area contributed by atoms with Crippen molar-refractivity contribution in [2.24, 2.45) is 10.7 Å². The quantitative estimate of drug-likeness (QED) is 0.269. The van der Waals surface area contributed by atoms with Gasteiger partial charge in [0.25, 0.3) is 0 Å². The van der Waals surface area contributed by atoms with Crippen molar-refractivity contribution in [2.45, 2.75) is 6.36 Å². The van der Waals surface area contributed by atoms with Crippen LogP contribution in [0.15, 0.2) is 77.8 Å². The maximum absolute atomic E-state index is 12.4. The predicted molar refractivity (Wildman–Crippen MR) is 117 cm³/mol. The number of hydrogen-bond donors (Lipinski definition) is 2. The van der Waals surface area contributed by atoms with E-state index in [2.05, 4.69) is 15.2 Å². The first-order valence-corrected chi connectivity index (χ1v) is 9.68. The lowest BCUT2D eigenvalue weighted by Crippen LogP contribution is -2.49. The fourth-order valence-electron chi connectivity index (χ4n) is 2.56. The number of halogens is 5. The summed E-state index contributed by atoms with van der Waals surface area (Å²) >= 11 is 11.9. The summed E-state index contributed by atoms with van der Waals surface area (Å²) in [5, 5.41) is 1.94. The Morgan fingerprint density at radius 3 is 1.94 bits per heavy atom. The molecule has 0 heterocycles. The van der Waals surface area contributed by atoms with Gasteiger partial charge in [-0.25, -0.2) is 14.8 Å². The van der Waals surface area contributed by atoms with Crippen molar-refractivity contribution in [1.82, 2.24) is 5.43 Å². The van der Waals surface area contributed by atoms with Crippen molar-refractivity contribution in [1.29, 1.82) is 0 Å². The van der Waals surface area contributed by atoms with Gasteiger partial charge in [-0.3, -0.25) is 5.43 Å². The highest BCUT2D eigenvalue weighted by atomic mass is 35.5. The van der Waals surface area contributed by atoms with Crippen LogP contribution in [0.25, 0.3) is 0 Å². The number of carbonyl (C=O) groups is 1. The summed E-state index contributed by atoms with van der Waals surface area (Å²) in [6, 6.07) is 16.9. The molecule has 0 saturated heterocycles. The molecule has 6 nitrogen and oxygen atoms in total. The summed E-state index contributed by atoms with van der Waals surface area (Å²) in [6.45, 7) is 0. The second-order valence-corrected chi connectivity index (χ2v) is 7.14. The zero-order chi connectivity index (χ0) is 23.3. The van der Waals surface area contributed by atoms with Crippen LogP contribution in [0.5, 0.6) is 5.75 Å². The Bertz CT molecular complexity index is 1100. The van der Waals surface area contributed by atoms with Crippen molar-refractivity contribution in [3.8, 4) is 5.75 Å². The van der Waals surface area contributed by atoms with E-state index in [1.807, 2.05) is 0 Å². The molecule has 0 atom stereocenters. The minimum absolute atomic E-state index is 0.157. The number of hydrogen-bond acceptors (Lipinski definition) is 3. The van der Waals surface area contributed by atoms with Crippen LogP contribution in [0.1, 0.15) is 5.56 Å². The molecule has 0 saturated carbocycles. The first kappa shape index (κ1) is 23.2. The van der Waals surface area contributed by atoms with Gasteiger partial charge in [-0.05, 0) is 72.8 Å². The normalized spacial score (nSPS) is 11.7. The SMILES string of the molecule is NC(=O)N(NC(=Nc1ccc(Cl)cc1)c1ccc(Cl)cc1)c1ccc(OC(F)(F)F)cc1. The zero-order valence-electron chi connectivity index (χ0n) is 16.1. The molecule has 0 radical (unpaired) electrons. The van der Waals surface area contributed by atoms with Crippen LogP contribution >= 0.6 is 23.2 Å². The number of urea groups is 1. The molecule has 0 spiro atoms. The molecule has 3 N–H and O–H groups in total. The maximum atomic E-state index is 12.4. The Morgan fingerprint density at radius 2 is 1.44 bits per heavy atom. The summed E-state index contributed by atoms with van der Waals surface area (Å²) in [6.07, 6.45) is -4.84. The topological polar surface area (TPSA) is 80.0 Å². The summed E-state index contributed by atoms with van der Waals surface area (Å²) in [5.41, 5.74) is 9.54. The number of ether oxygens (including phenoxy) is 1. The van der Waals surface area contributed by atoms with Crippen LogP contribution in [-0.4, -0.2) is 18.2 Å². The molecule has 166 valence electrons. The highest BCUT2D eigenvalue weighted by Crippen LogP contribution is 2.25. The molecule has 3 aromatic carbocycles. The molecule has 3 aromatic rings. The molecule has 0 aromatic heterocycles. The van der Waals surface area contributed by atoms with Crippen LogP contribution < -0.4 is 20.9 Å². The number of carbonyl (C=O) groups excluding carboxylic acids is 1. The summed E-state index contributed by atoms with van der Waals surface area (Å²) < 4.78 is 41.0. The van der Waals surface area contributed by atoms with Gasteiger partial charge in [-0.15, -0.1) is 13.2 Å². The third kappa shape index (κ3) is 6.53. The van der Waals surface area contributed by atoms with Crippen molar-refractivity contribution < 1.29 is 22.7 Å². The van der Waals surface area contributed by atoms with Crippen LogP contribution in [-0.2, 0) is 0 Å². The van der Waals surface area contributed by atoms with E-state index in [1.54, 1.807) is 48.5 Å². The maximum Gasteiger partial charge on any atom is 0.573 e. The van der Waals surface area contributed by atoms with Gasteiger partial charge >= 0.3 is 12.4 Å². The van der Waals surface area contributed by atoms with Gasteiger partial charge in [-0.2, -0.15) is 0 Å². The Hall–Kier alpha value is -3.43. The van der Waals surface area contributed by atoms with Gasteiger partial charge in [0.2, 0.25) is 0 Å². The van der Waals surface area contributed by atoms with Gasteiger partial charge < -0.3 is 10.5 Å². The Balaban J connectivity index is 1.95. The number of amidine groups is 1. The van der Waals surface area contributed by atoms with Gasteiger partial charge in [0.1, 0.15) is 5.75 Å². The molecular weight excluding hydrogens is 468 g/mol. The average Bonchev–Trinajstić information content (AvgIpc) is 2.72. The lowest BCUT2D eigenvalue weighted by atomic mass is 10.2. The predicted octanol–water partition coefficient (Wildman–Crippen LogP) is 6.06. The van der Waals surface area contributed by atoms with Gasteiger partial charge in [0.15, 0.2) is 5.84 Å². The van der Waals surface area contributed by atoms with E-state index in [9.17, 15) is 18.0 Å². The summed E-state index contributed by atoms with van der Waals surface area (Å²) in [4.78, 5) is 16.6. The van der Waals surface area contributed by atoms with Crippen molar-refractivity contribution in [3.05, 3.63) is 88.4 Å². The second kappa shape index (κ2) is 9.80. The molecule has 0 bridgehead atoms. The lowest BCUT2D eigenvalue weighted by molar-refractivity contribution is -0.274. The van der Waals surface area contributed by atoms with E-state index in [0.717, 1.165) is 17.1 Å². The van der Waals surface area contributed by atoms with Gasteiger partial charge in [-0.1, -0.05) is 23.2 Å². The number of benzene rings is 3. The largest absolute Gasteiger partial charge is 0.573 e. The van der Waals surface area contributed by atoms with E-state index in [1.165, 1.54) is 12.1 Å². The number of anilines is 1. The molecule has 0 aliphatic carbocycles. The number of rotatable bonds is 4. The van der Waals surface area contributed by atoms with Crippen LogP contribution in [0.2, 0.25) is 10.0 Å². The molecular formula is C21H15Cl2F3N4O2. The number of nitrogens with one attached hydrogen (secondary N) is 1. The minimum Gasteiger partial charge on any atom is -0.406 e. The molecule has 32 heavy (non-hydrogen) atoms. The average molecular weight is 483 g/mol. The lowest BCUT2D eigenvalue weighted by Gasteiger charge is -2.24. The molecule has 0 aliphatic rings. The summed E-state index contributed by atoms with van der Waals surface area (Å²) in [7, 11) is 0. The smallest absolute Gasteiger partial charge is 0.406 e. The molecule has 0 unspecified atom stereocenters. The Morgan fingerprint density at radius 1 is 0.906 bits per heavy atom. The number of amides is 2. The van der Waals surface area contributed by atoms with Crippen molar-refractivity contribution >= 4 is 46.4 Å². The third-order valence-corrected chi connectivity index (χ3v) is 4.46. The first-order chi connectivity index (χ1) is 15.1. The van der Waals surface area contributed by atoms with E-state index >= 15 is 0 Å². The third-order valence-electron chi connectivity index (χ3n) is 3.95. The number of alkyl halides is 3. The number of nitrogens with zero attached hydrogens (tertiary/aromatic N) is 2. The van der Waals surface area contributed by atoms with E-state index < -0.39 is 18.1 Å². The summed E-state index contributed by atoms with van der Waals surface area (Å²) in [5.74, 6) is -0.225. The monoisotopic (exact) mass is 482 g/mol. The number of primary amides is 1. The number of hydrazine groups is 1. The highest BCUT2D eigenvalue weighted by molar-refractivity contribution is 6.31. The molecule has 0 aliphatic heterocycles. The van der Waals surface area contributed by atoms with Gasteiger partial charge in [0.05, 0.1) is 11.4 Å². The van der Waals surface area contributed by atoms with Crippen molar-refractivity contribution in [3.63, 3.8) is 0 Å². The fraction of sp³-hybridized carbons (Fsp3) is 0.0476. The molecule has 0 fully saturated rings. The standard InChI is InChI=1S/C21H15Cl2F3N4O2/c22-14-3-1-13(2-4-14)19(28-16-7-5-15(23)6-8-16)29-30(20(27)31)17-9-11-18(12-10-17)32-21(24,25)26/h1-12H,(H2,27,31)(H,28,29). The van der Waals surface area contributed by atoms with Gasteiger partial charge in [0, 0.05) is 15.6 Å². The number of nitrogens with two attached hydrogens (primary N) is 1. The molecule has 3 rings (SSSR count). The van der Waals surface area contributed by atoms with Crippen molar-refractivity contribution in [2.75, 3.05) is 5.01 Å². The van der Waals surface area contributed by atoms with E-state index in [0.29, 0.717) is 21.3 Å². The van der Waals surface area contributed by atoms with Crippen LogP contribution in [0.4, 0.5) is 29.3 Å². The Labute approximate surface area is 191 Å². The molecule has 2 amide bonds. The second-order valence-electron chi connectivity index (χ2n) is 6.27. The van der Waals surface area contributed by atoms with E-state index in [4.69, 9.17) is 28.9 Å². The number of aliphatic imine (C=N–C) groups is 1. The molecule has 11 heteroatoms. The zero-order valence-corrected chi connectivity index (χ0v) is 17.6. The highest BCUT2D eigenvalue weighted by Gasteiger charge is 2.31. The first-order valence-electron chi connectivity index (χ1n) is 8.93. The minimum atomic E-state index is -4.84.